The van der Waals surface area contributed by atoms with Crippen LogP contribution in [0.15, 0.2) is 53.4 Å². The van der Waals surface area contributed by atoms with Crippen molar-refractivity contribution in [1.82, 2.24) is 10.0 Å². The van der Waals surface area contributed by atoms with Crippen LogP contribution in [0.4, 0.5) is 5.69 Å². The summed E-state index contributed by atoms with van der Waals surface area (Å²) in [6, 6.07) is 13.1. The van der Waals surface area contributed by atoms with Gasteiger partial charge < -0.3 is 15.4 Å². The molecule has 0 aromatic heterocycles. The molecule has 168 valence electrons. The summed E-state index contributed by atoms with van der Waals surface area (Å²) >= 11 is 12.4. The average molecular weight is 492 g/mol. The molecule has 0 spiro atoms. The first-order valence-corrected chi connectivity index (χ1v) is 12.5. The third kappa shape index (κ3) is 5.24. The standard InChI is InChI=1S/C23H23Cl2N3O3S/c24-19-3-1-16-10-21(4-2-15(16)9-19)32(30,31)28-20(14-29)6-8-27-23-12-17-5-7-26-13-18(17)11-22(23)25/h1-4,9-12,14,20,26-28H,5-8,13H2/t20-/m0/s1. The normalized spacial score (nSPS) is 14.7. The lowest BCUT2D eigenvalue weighted by atomic mass is 10.0. The Bertz CT molecular complexity index is 1260. The van der Waals surface area contributed by atoms with E-state index in [1.807, 2.05) is 12.1 Å². The number of benzene rings is 3. The lowest BCUT2D eigenvalue weighted by Crippen LogP contribution is -2.37. The summed E-state index contributed by atoms with van der Waals surface area (Å²) in [5, 5.41) is 9.31. The summed E-state index contributed by atoms with van der Waals surface area (Å²) in [5.74, 6) is 0. The molecule has 0 aliphatic carbocycles. The lowest BCUT2D eigenvalue weighted by molar-refractivity contribution is -0.109. The van der Waals surface area contributed by atoms with Crippen molar-refractivity contribution >= 4 is 56.0 Å². The fourth-order valence-electron chi connectivity index (χ4n) is 3.78. The van der Waals surface area contributed by atoms with Crippen LogP contribution in [-0.2, 0) is 27.8 Å². The zero-order chi connectivity index (χ0) is 22.7. The molecule has 3 aromatic carbocycles. The van der Waals surface area contributed by atoms with Gasteiger partial charge in [-0.15, -0.1) is 0 Å². The Hall–Kier alpha value is -2.16. The molecule has 1 aliphatic rings. The van der Waals surface area contributed by atoms with Gasteiger partial charge in [-0.2, -0.15) is 0 Å². The van der Waals surface area contributed by atoms with E-state index in [0.29, 0.717) is 22.9 Å². The van der Waals surface area contributed by atoms with Crippen molar-refractivity contribution in [3.05, 3.63) is 69.7 Å². The Morgan fingerprint density at radius 1 is 1.03 bits per heavy atom. The summed E-state index contributed by atoms with van der Waals surface area (Å²) in [4.78, 5) is 11.7. The van der Waals surface area contributed by atoms with Crippen LogP contribution in [0.1, 0.15) is 17.5 Å². The predicted octanol–water partition coefficient (Wildman–Crippen LogP) is 4.14. The highest BCUT2D eigenvalue weighted by molar-refractivity contribution is 7.89. The van der Waals surface area contributed by atoms with Crippen LogP contribution in [0.5, 0.6) is 0 Å². The predicted molar refractivity (Wildman–Crippen MR) is 129 cm³/mol. The van der Waals surface area contributed by atoms with Crippen LogP contribution in [0.2, 0.25) is 10.0 Å². The third-order valence-corrected chi connectivity index (χ3v) is 7.54. The number of carbonyl (C=O) groups is 1. The number of rotatable bonds is 8. The minimum atomic E-state index is -3.86. The first kappa shape index (κ1) is 23.0. The molecule has 0 radical (unpaired) electrons. The summed E-state index contributed by atoms with van der Waals surface area (Å²) in [7, 11) is -3.86. The van der Waals surface area contributed by atoms with Crippen LogP contribution >= 0.6 is 23.2 Å². The van der Waals surface area contributed by atoms with Gasteiger partial charge in [0.1, 0.15) is 6.29 Å². The van der Waals surface area contributed by atoms with E-state index in [9.17, 15) is 13.2 Å². The number of halogens is 2. The molecule has 9 heteroatoms. The van der Waals surface area contributed by atoms with E-state index in [-0.39, 0.29) is 11.3 Å². The number of fused-ring (bicyclic) bond motifs is 2. The quantitative estimate of drug-likeness (QED) is 0.412. The number of carbonyl (C=O) groups excluding carboxylic acids is 1. The molecule has 0 saturated carbocycles. The lowest BCUT2D eigenvalue weighted by Gasteiger charge is -2.20. The van der Waals surface area contributed by atoms with E-state index in [4.69, 9.17) is 23.2 Å². The van der Waals surface area contributed by atoms with Gasteiger partial charge >= 0.3 is 0 Å². The van der Waals surface area contributed by atoms with E-state index in [1.54, 1.807) is 30.3 Å². The minimum absolute atomic E-state index is 0.0958. The van der Waals surface area contributed by atoms with Crippen molar-refractivity contribution in [3.63, 3.8) is 0 Å². The molecule has 1 heterocycles. The molecule has 4 rings (SSSR count). The number of aldehydes is 1. The van der Waals surface area contributed by atoms with E-state index in [2.05, 4.69) is 15.4 Å². The van der Waals surface area contributed by atoms with Crippen LogP contribution in [0.25, 0.3) is 10.8 Å². The SMILES string of the molecule is O=C[C@H](CCNc1cc2c(cc1Cl)CNCC2)NS(=O)(=O)c1ccc2cc(Cl)ccc2c1. The first-order chi connectivity index (χ1) is 15.4. The molecule has 1 aliphatic heterocycles. The Balaban J connectivity index is 1.41. The highest BCUT2D eigenvalue weighted by atomic mass is 35.5. The van der Waals surface area contributed by atoms with Gasteiger partial charge in [-0.25, -0.2) is 13.1 Å². The number of hydrogen-bond donors (Lipinski definition) is 3. The largest absolute Gasteiger partial charge is 0.384 e. The zero-order valence-corrected chi connectivity index (χ0v) is 19.5. The monoisotopic (exact) mass is 491 g/mol. The number of anilines is 1. The number of sulfonamides is 1. The maximum Gasteiger partial charge on any atom is 0.241 e. The van der Waals surface area contributed by atoms with E-state index < -0.39 is 16.1 Å². The van der Waals surface area contributed by atoms with Crippen molar-refractivity contribution in [3.8, 4) is 0 Å². The second kappa shape index (κ2) is 9.77. The molecule has 0 bridgehead atoms. The molecule has 6 nitrogen and oxygen atoms in total. The fraction of sp³-hybridized carbons (Fsp3) is 0.261. The van der Waals surface area contributed by atoms with Crippen LogP contribution in [-0.4, -0.2) is 33.8 Å². The Labute approximate surface area is 197 Å². The first-order valence-electron chi connectivity index (χ1n) is 10.3. The number of hydrogen-bond acceptors (Lipinski definition) is 5. The zero-order valence-electron chi connectivity index (χ0n) is 17.2. The van der Waals surface area contributed by atoms with E-state index in [0.717, 1.165) is 36.0 Å². The Kier molecular flexibility index (Phi) is 7.02. The molecule has 32 heavy (non-hydrogen) atoms. The van der Waals surface area contributed by atoms with Crippen molar-refractivity contribution in [2.45, 2.75) is 30.3 Å². The summed E-state index contributed by atoms with van der Waals surface area (Å²) in [6.07, 6.45) is 1.82. The fourth-order valence-corrected chi connectivity index (χ4v) is 5.46. The van der Waals surface area contributed by atoms with Crippen molar-refractivity contribution in [2.24, 2.45) is 0 Å². The van der Waals surface area contributed by atoms with Crippen molar-refractivity contribution < 1.29 is 13.2 Å². The Morgan fingerprint density at radius 2 is 1.81 bits per heavy atom. The van der Waals surface area contributed by atoms with Gasteiger partial charge in [0.15, 0.2) is 0 Å². The Morgan fingerprint density at radius 3 is 2.62 bits per heavy atom. The maximum atomic E-state index is 12.8. The summed E-state index contributed by atoms with van der Waals surface area (Å²) < 4.78 is 28.1. The van der Waals surface area contributed by atoms with Crippen molar-refractivity contribution in [1.29, 1.82) is 0 Å². The molecule has 0 fully saturated rings. The third-order valence-electron chi connectivity index (χ3n) is 5.50. The van der Waals surface area contributed by atoms with E-state index in [1.165, 1.54) is 17.2 Å². The van der Waals surface area contributed by atoms with Crippen LogP contribution < -0.4 is 15.4 Å². The van der Waals surface area contributed by atoms with Crippen molar-refractivity contribution in [2.75, 3.05) is 18.4 Å². The smallest absolute Gasteiger partial charge is 0.241 e. The molecule has 1 atom stereocenters. The van der Waals surface area contributed by atoms with E-state index >= 15 is 0 Å². The highest BCUT2D eigenvalue weighted by Crippen LogP contribution is 2.28. The van der Waals surface area contributed by atoms with Gasteiger partial charge in [-0.05, 0) is 77.7 Å². The second-order valence-corrected chi connectivity index (χ2v) is 10.3. The van der Waals surface area contributed by atoms with Crippen LogP contribution in [0.3, 0.4) is 0 Å². The molecule has 0 amide bonds. The highest BCUT2D eigenvalue weighted by Gasteiger charge is 2.20. The molecule has 3 aromatic rings. The van der Waals surface area contributed by atoms with Gasteiger partial charge in [0.25, 0.3) is 0 Å². The van der Waals surface area contributed by atoms with Gasteiger partial charge in [-0.1, -0.05) is 35.3 Å². The van der Waals surface area contributed by atoms with Gasteiger partial charge in [0.05, 0.1) is 21.6 Å². The average Bonchev–Trinajstić information content (AvgIpc) is 2.78. The molecule has 3 N–H and O–H groups in total. The summed E-state index contributed by atoms with van der Waals surface area (Å²) in [5.41, 5.74) is 3.21. The number of nitrogens with one attached hydrogen (secondary N) is 3. The molecule has 0 saturated heterocycles. The summed E-state index contributed by atoms with van der Waals surface area (Å²) in [6.45, 7) is 2.11. The second-order valence-electron chi connectivity index (χ2n) is 7.76. The maximum absolute atomic E-state index is 12.8. The molecular formula is C23H23Cl2N3O3S. The van der Waals surface area contributed by atoms with Gasteiger partial charge in [-0.3, -0.25) is 0 Å². The van der Waals surface area contributed by atoms with Gasteiger partial charge in [0, 0.05) is 18.1 Å². The molecular weight excluding hydrogens is 469 g/mol. The minimum Gasteiger partial charge on any atom is -0.384 e. The van der Waals surface area contributed by atoms with Crippen LogP contribution in [0, 0.1) is 0 Å². The topological polar surface area (TPSA) is 87.3 Å². The molecule has 0 unspecified atom stereocenters. The van der Waals surface area contributed by atoms with Gasteiger partial charge in [0.2, 0.25) is 10.0 Å².